The monoisotopic (exact) mass is 917 g/mol. The molecule has 0 bridgehead atoms. The third kappa shape index (κ3) is 51.4. The molecular formula is C61H88O6. The average molecular weight is 917 g/mol. The fourth-order valence-electron chi connectivity index (χ4n) is 5.94. The van der Waals surface area contributed by atoms with Gasteiger partial charge in [-0.25, -0.2) is 0 Å². The molecule has 67 heavy (non-hydrogen) atoms. The molecule has 0 radical (unpaired) electrons. The lowest BCUT2D eigenvalue weighted by molar-refractivity contribution is -0.167. The lowest BCUT2D eigenvalue weighted by atomic mass is 10.1. The lowest BCUT2D eigenvalue weighted by Gasteiger charge is -2.18. The van der Waals surface area contributed by atoms with Crippen LogP contribution < -0.4 is 0 Å². The minimum Gasteiger partial charge on any atom is -0.462 e. The normalized spacial score (nSPS) is 13.7. The zero-order chi connectivity index (χ0) is 48.6. The molecule has 0 rings (SSSR count). The second kappa shape index (κ2) is 53.1. The second-order valence-corrected chi connectivity index (χ2v) is 16.0. The summed E-state index contributed by atoms with van der Waals surface area (Å²) in [6.07, 6.45) is 80.1. The fourth-order valence-corrected chi connectivity index (χ4v) is 5.94. The summed E-state index contributed by atoms with van der Waals surface area (Å²) in [5.74, 6) is -1.08. The van der Waals surface area contributed by atoms with Crippen molar-refractivity contribution >= 4 is 17.9 Å². The highest BCUT2D eigenvalue weighted by molar-refractivity contribution is 5.71. The maximum atomic E-state index is 12.8. The largest absolute Gasteiger partial charge is 0.462 e. The highest BCUT2D eigenvalue weighted by atomic mass is 16.6. The lowest BCUT2D eigenvalue weighted by Crippen LogP contribution is -2.30. The number of ether oxygens (including phenoxy) is 3. The number of hydrogen-bond acceptors (Lipinski definition) is 6. The van der Waals surface area contributed by atoms with E-state index in [1.807, 2.05) is 128 Å². The third-order valence-corrected chi connectivity index (χ3v) is 9.71. The van der Waals surface area contributed by atoms with Gasteiger partial charge in [0.25, 0.3) is 0 Å². The van der Waals surface area contributed by atoms with Crippen LogP contribution in [0.25, 0.3) is 0 Å². The quantitative estimate of drug-likeness (QED) is 0.0263. The van der Waals surface area contributed by atoms with Crippen molar-refractivity contribution in [3.8, 4) is 0 Å². The Morgan fingerprint density at radius 3 is 0.970 bits per heavy atom. The van der Waals surface area contributed by atoms with Crippen molar-refractivity contribution in [1.29, 1.82) is 0 Å². The van der Waals surface area contributed by atoms with E-state index >= 15 is 0 Å². The first kappa shape index (κ1) is 61.5. The van der Waals surface area contributed by atoms with Gasteiger partial charge in [-0.15, -0.1) is 0 Å². The SMILES string of the molecule is CC/C=C/C=C/C=C/C=C/C=C/CCCC(=O)OCC(COC(=O)CCCCCCC/C=C/C=C/C=C/C=C/C=C/CCC)OC(=O)CCCCCCC/C=C/C=C/C=C/C=C/C=C/CCC. The van der Waals surface area contributed by atoms with Crippen molar-refractivity contribution in [3.63, 3.8) is 0 Å². The highest BCUT2D eigenvalue weighted by Gasteiger charge is 2.19. The first-order valence-corrected chi connectivity index (χ1v) is 25.5. The highest BCUT2D eigenvalue weighted by Crippen LogP contribution is 2.12. The molecule has 0 aromatic carbocycles. The molecule has 0 spiro atoms. The minimum absolute atomic E-state index is 0.136. The van der Waals surface area contributed by atoms with Crippen LogP contribution in [0.4, 0.5) is 0 Å². The average Bonchev–Trinajstić information content (AvgIpc) is 3.33. The molecule has 0 aliphatic heterocycles. The molecule has 0 aromatic heterocycles. The molecule has 0 saturated heterocycles. The van der Waals surface area contributed by atoms with Crippen molar-refractivity contribution in [2.75, 3.05) is 13.2 Å². The second-order valence-electron chi connectivity index (χ2n) is 16.0. The number of carbonyl (C=O) groups excluding carboxylic acids is 3. The molecule has 0 saturated carbocycles. The van der Waals surface area contributed by atoms with Gasteiger partial charge in [0.05, 0.1) is 0 Å². The maximum Gasteiger partial charge on any atom is 0.306 e. The molecule has 0 aromatic rings. The van der Waals surface area contributed by atoms with Crippen molar-refractivity contribution < 1.29 is 28.6 Å². The van der Waals surface area contributed by atoms with E-state index in [9.17, 15) is 14.4 Å². The Labute approximate surface area is 408 Å². The molecule has 0 amide bonds. The first-order valence-electron chi connectivity index (χ1n) is 25.5. The Balaban J connectivity index is 4.65. The Hall–Kier alpha value is -5.49. The van der Waals surface area contributed by atoms with Gasteiger partial charge >= 0.3 is 17.9 Å². The van der Waals surface area contributed by atoms with Crippen LogP contribution in [0.5, 0.6) is 0 Å². The molecule has 0 heterocycles. The van der Waals surface area contributed by atoms with Gasteiger partial charge in [0.15, 0.2) is 6.10 Å². The Morgan fingerprint density at radius 2 is 0.597 bits per heavy atom. The van der Waals surface area contributed by atoms with Gasteiger partial charge in [0.1, 0.15) is 13.2 Å². The van der Waals surface area contributed by atoms with Crippen LogP contribution in [0.2, 0.25) is 0 Å². The zero-order valence-electron chi connectivity index (χ0n) is 41.8. The molecule has 6 nitrogen and oxygen atoms in total. The number of hydrogen-bond donors (Lipinski definition) is 0. The first-order chi connectivity index (χ1) is 33.0. The van der Waals surface area contributed by atoms with E-state index in [1.54, 1.807) is 0 Å². The van der Waals surface area contributed by atoms with Crippen LogP contribution in [0.1, 0.15) is 162 Å². The van der Waals surface area contributed by atoms with E-state index in [-0.39, 0.29) is 44.0 Å². The van der Waals surface area contributed by atoms with E-state index in [1.165, 1.54) is 12.8 Å². The molecule has 6 heteroatoms. The zero-order valence-corrected chi connectivity index (χ0v) is 41.8. The van der Waals surface area contributed by atoms with Crippen molar-refractivity contribution in [2.24, 2.45) is 0 Å². The van der Waals surface area contributed by atoms with Crippen LogP contribution in [-0.2, 0) is 28.6 Å². The van der Waals surface area contributed by atoms with Crippen LogP contribution >= 0.6 is 0 Å². The van der Waals surface area contributed by atoms with Gasteiger partial charge in [0.2, 0.25) is 0 Å². The van der Waals surface area contributed by atoms with Crippen LogP contribution in [0, 0.1) is 0 Å². The van der Waals surface area contributed by atoms with Gasteiger partial charge < -0.3 is 14.2 Å². The number of rotatable bonds is 42. The summed E-state index contributed by atoms with van der Waals surface area (Å²) >= 11 is 0. The van der Waals surface area contributed by atoms with Gasteiger partial charge in [0, 0.05) is 19.3 Å². The van der Waals surface area contributed by atoms with E-state index < -0.39 is 6.10 Å². The molecule has 0 fully saturated rings. The Bertz CT molecular complexity index is 1670. The summed E-state index contributed by atoms with van der Waals surface area (Å²) in [5.41, 5.74) is 0. The molecule has 1 unspecified atom stereocenters. The van der Waals surface area contributed by atoms with E-state index in [0.717, 1.165) is 96.3 Å². The molecular weight excluding hydrogens is 829 g/mol. The standard InChI is InChI=1S/C61H88O6/c1-4-7-10-13-16-19-22-25-27-29-31-33-36-39-42-45-48-51-54-60(63)66-57-58(56-65-59(62)53-50-47-44-41-38-35-24-21-18-15-12-9-6-3)67-61(64)55-52-49-46-43-40-37-34-32-30-28-26-23-20-17-14-11-8-5-2/h9-35,38,41,44,58H,4-8,36-37,39-40,42-43,45-57H2,1-3H3/b12-9+,13-10+,14-11+,18-15+,19-16+,20-17+,24-21+,25-22+,26-23+,29-27+,30-28+,33-31+,34-32+,38-35+,44-41+. The summed E-state index contributed by atoms with van der Waals surface area (Å²) in [5, 5.41) is 0. The molecule has 368 valence electrons. The minimum atomic E-state index is -0.843. The predicted molar refractivity (Wildman–Crippen MR) is 287 cm³/mol. The smallest absolute Gasteiger partial charge is 0.306 e. The maximum absolute atomic E-state index is 12.8. The number of allylic oxidation sites excluding steroid dienone is 30. The Kier molecular flexibility index (Phi) is 48.8. The predicted octanol–water partition coefficient (Wildman–Crippen LogP) is 17.0. The third-order valence-electron chi connectivity index (χ3n) is 9.71. The van der Waals surface area contributed by atoms with Gasteiger partial charge in [-0.1, -0.05) is 254 Å². The van der Waals surface area contributed by atoms with Crippen LogP contribution in [0.3, 0.4) is 0 Å². The van der Waals surface area contributed by atoms with Gasteiger partial charge in [-0.2, -0.15) is 0 Å². The molecule has 1 atom stereocenters. The number of carbonyl (C=O) groups is 3. The van der Waals surface area contributed by atoms with E-state index in [2.05, 4.69) is 75.5 Å². The topological polar surface area (TPSA) is 78.9 Å². The van der Waals surface area contributed by atoms with E-state index in [4.69, 9.17) is 14.2 Å². The Morgan fingerprint density at radius 1 is 0.313 bits per heavy atom. The molecule has 0 aliphatic rings. The summed E-state index contributed by atoms with van der Waals surface area (Å²) in [4.78, 5) is 38.0. The van der Waals surface area contributed by atoms with E-state index in [0.29, 0.717) is 19.3 Å². The summed E-state index contributed by atoms with van der Waals surface area (Å²) < 4.78 is 16.7. The fraction of sp³-hybridized carbons (Fsp3) is 0.459. The number of esters is 3. The van der Waals surface area contributed by atoms with Crippen molar-refractivity contribution in [2.45, 2.75) is 168 Å². The summed E-state index contributed by atoms with van der Waals surface area (Å²) in [6.45, 7) is 6.17. The van der Waals surface area contributed by atoms with Crippen LogP contribution in [0.15, 0.2) is 182 Å². The van der Waals surface area contributed by atoms with Gasteiger partial charge in [-0.3, -0.25) is 14.4 Å². The summed E-state index contributed by atoms with van der Waals surface area (Å²) in [7, 11) is 0. The van der Waals surface area contributed by atoms with Crippen molar-refractivity contribution in [3.05, 3.63) is 182 Å². The van der Waals surface area contributed by atoms with Gasteiger partial charge in [-0.05, 0) is 70.6 Å². The molecule has 0 N–H and O–H groups in total. The van der Waals surface area contributed by atoms with Crippen molar-refractivity contribution in [1.82, 2.24) is 0 Å². The number of unbranched alkanes of at least 4 members (excludes halogenated alkanes) is 13. The molecule has 0 aliphatic carbocycles. The van der Waals surface area contributed by atoms with Crippen LogP contribution in [-0.4, -0.2) is 37.2 Å². The summed E-state index contributed by atoms with van der Waals surface area (Å²) in [6, 6.07) is 0.